The van der Waals surface area contributed by atoms with E-state index in [1.165, 1.54) is 11.3 Å². The summed E-state index contributed by atoms with van der Waals surface area (Å²) in [6, 6.07) is 6.28. The van der Waals surface area contributed by atoms with Crippen LogP contribution in [0.1, 0.15) is 26.3 Å². The van der Waals surface area contributed by atoms with Crippen LogP contribution in [-0.4, -0.2) is 13.2 Å². The van der Waals surface area contributed by atoms with E-state index in [0.717, 1.165) is 18.9 Å². The number of rotatable bonds is 2. The molecule has 1 aromatic rings. The molecule has 0 aromatic heterocycles. The molecule has 1 aromatic carbocycles. The lowest BCUT2D eigenvalue weighted by Gasteiger charge is -2.17. The minimum atomic E-state index is 0.225. The fraction of sp³-hybridized carbons (Fsp3) is 0.500. The standard InChI is InChI=1S/C12H17NO/c1-4-14-9-5-6-11-10(7-9)12(2,3)8-13-11/h5-7,13H,4,8H2,1-3H3. The van der Waals surface area contributed by atoms with Crippen molar-refractivity contribution in [2.45, 2.75) is 26.2 Å². The number of nitrogens with one attached hydrogen (secondary N) is 1. The van der Waals surface area contributed by atoms with Gasteiger partial charge in [0, 0.05) is 17.6 Å². The van der Waals surface area contributed by atoms with Crippen molar-refractivity contribution in [2.75, 3.05) is 18.5 Å². The lowest BCUT2D eigenvalue weighted by atomic mass is 9.87. The predicted molar refractivity (Wildman–Crippen MR) is 59.1 cm³/mol. The Morgan fingerprint density at radius 1 is 1.43 bits per heavy atom. The van der Waals surface area contributed by atoms with Crippen molar-refractivity contribution >= 4 is 5.69 Å². The van der Waals surface area contributed by atoms with E-state index >= 15 is 0 Å². The molecule has 76 valence electrons. The van der Waals surface area contributed by atoms with Crippen LogP contribution in [0.4, 0.5) is 5.69 Å². The summed E-state index contributed by atoms with van der Waals surface area (Å²) < 4.78 is 5.50. The van der Waals surface area contributed by atoms with Crippen LogP contribution >= 0.6 is 0 Å². The summed E-state index contributed by atoms with van der Waals surface area (Å²) in [5.74, 6) is 0.975. The Bertz CT molecular complexity index is 344. The van der Waals surface area contributed by atoms with Gasteiger partial charge in [0.15, 0.2) is 0 Å². The molecule has 0 saturated carbocycles. The summed E-state index contributed by atoms with van der Waals surface area (Å²) in [7, 11) is 0. The SMILES string of the molecule is CCOc1ccc2c(c1)C(C)(C)CN2. The monoisotopic (exact) mass is 191 g/mol. The maximum atomic E-state index is 5.50. The number of hydrogen-bond donors (Lipinski definition) is 1. The van der Waals surface area contributed by atoms with Gasteiger partial charge in [-0.3, -0.25) is 0 Å². The largest absolute Gasteiger partial charge is 0.494 e. The molecule has 2 nitrogen and oxygen atoms in total. The fourth-order valence-corrected chi connectivity index (χ4v) is 1.91. The van der Waals surface area contributed by atoms with Crippen LogP contribution in [0.25, 0.3) is 0 Å². The first-order chi connectivity index (χ1) is 6.63. The molecule has 2 rings (SSSR count). The molecule has 2 heteroatoms. The molecule has 0 atom stereocenters. The van der Waals surface area contributed by atoms with E-state index in [1.54, 1.807) is 0 Å². The van der Waals surface area contributed by atoms with Crippen molar-refractivity contribution in [1.29, 1.82) is 0 Å². The van der Waals surface area contributed by atoms with Gasteiger partial charge in [-0.1, -0.05) is 13.8 Å². The Kier molecular flexibility index (Phi) is 2.14. The predicted octanol–water partition coefficient (Wildman–Crippen LogP) is 2.79. The number of benzene rings is 1. The smallest absolute Gasteiger partial charge is 0.119 e. The summed E-state index contributed by atoms with van der Waals surface area (Å²) in [4.78, 5) is 0. The Balaban J connectivity index is 2.38. The van der Waals surface area contributed by atoms with Crippen molar-refractivity contribution in [3.8, 4) is 5.75 Å². The summed E-state index contributed by atoms with van der Waals surface area (Å²) in [6.07, 6.45) is 0. The Morgan fingerprint density at radius 2 is 2.21 bits per heavy atom. The molecule has 1 aliphatic rings. The molecule has 0 spiro atoms. The topological polar surface area (TPSA) is 21.3 Å². The van der Waals surface area contributed by atoms with Crippen LogP contribution < -0.4 is 10.1 Å². The van der Waals surface area contributed by atoms with Crippen LogP contribution in [0.5, 0.6) is 5.75 Å². The van der Waals surface area contributed by atoms with E-state index in [9.17, 15) is 0 Å². The quantitative estimate of drug-likeness (QED) is 0.776. The van der Waals surface area contributed by atoms with Crippen LogP contribution in [0.2, 0.25) is 0 Å². The van der Waals surface area contributed by atoms with Gasteiger partial charge in [-0.2, -0.15) is 0 Å². The molecule has 0 bridgehead atoms. The van der Waals surface area contributed by atoms with Gasteiger partial charge in [0.25, 0.3) is 0 Å². The number of anilines is 1. The highest BCUT2D eigenvalue weighted by atomic mass is 16.5. The first kappa shape index (κ1) is 9.38. The molecule has 0 fully saturated rings. The first-order valence-electron chi connectivity index (χ1n) is 5.15. The van der Waals surface area contributed by atoms with Crippen molar-refractivity contribution in [3.63, 3.8) is 0 Å². The van der Waals surface area contributed by atoms with Crippen LogP contribution in [0.3, 0.4) is 0 Å². The van der Waals surface area contributed by atoms with Crippen molar-refractivity contribution in [3.05, 3.63) is 23.8 Å². The summed E-state index contributed by atoms with van der Waals surface area (Å²) in [5, 5.41) is 3.40. The van der Waals surface area contributed by atoms with Crippen molar-refractivity contribution in [2.24, 2.45) is 0 Å². The summed E-state index contributed by atoms with van der Waals surface area (Å²) >= 11 is 0. The molecule has 1 heterocycles. The van der Waals surface area contributed by atoms with E-state index in [4.69, 9.17) is 4.74 Å². The molecule has 0 aliphatic carbocycles. The molecule has 14 heavy (non-hydrogen) atoms. The van der Waals surface area contributed by atoms with Gasteiger partial charge in [-0.15, -0.1) is 0 Å². The van der Waals surface area contributed by atoms with Gasteiger partial charge < -0.3 is 10.1 Å². The van der Waals surface area contributed by atoms with Gasteiger partial charge in [-0.25, -0.2) is 0 Å². The van der Waals surface area contributed by atoms with E-state index in [1.807, 2.05) is 13.0 Å². The van der Waals surface area contributed by atoms with Gasteiger partial charge in [0.05, 0.1) is 6.61 Å². The molecule has 1 aliphatic heterocycles. The maximum Gasteiger partial charge on any atom is 0.119 e. The fourth-order valence-electron chi connectivity index (χ4n) is 1.91. The second-order valence-corrected chi connectivity index (χ2v) is 4.38. The van der Waals surface area contributed by atoms with E-state index in [0.29, 0.717) is 0 Å². The molecule has 0 saturated heterocycles. The van der Waals surface area contributed by atoms with E-state index in [2.05, 4.69) is 31.3 Å². The average Bonchev–Trinajstić information content (AvgIpc) is 2.44. The third-order valence-electron chi connectivity index (χ3n) is 2.75. The zero-order valence-electron chi connectivity index (χ0n) is 9.05. The number of hydrogen-bond acceptors (Lipinski definition) is 2. The molecule has 0 unspecified atom stereocenters. The minimum absolute atomic E-state index is 0.225. The van der Waals surface area contributed by atoms with Crippen molar-refractivity contribution < 1.29 is 4.74 Å². The number of fused-ring (bicyclic) bond motifs is 1. The lowest BCUT2D eigenvalue weighted by Crippen LogP contribution is -2.18. The highest BCUT2D eigenvalue weighted by Crippen LogP contribution is 2.38. The summed E-state index contributed by atoms with van der Waals surface area (Å²) in [5.41, 5.74) is 2.84. The Hall–Kier alpha value is -1.18. The third-order valence-corrected chi connectivity index (χ3v) is 2.75. The zero-order valence-corrected chi connectivity index (χ0v) is 9.05. The maximum absolute atomic E-state index is 5.50. The van der Waals surface area contributed by atoms with Crippen LogP contribution in [0.15, 0.2) is 18.2 Å². The van der Waals surface area contributed by atoms with Crippen molar-refractivity contribution in [1.82, 2.24) is 0 Å². The van der Waals surface area contributed by atoms with Crippen LogP contribution in [-0.2, 0) is 5.41 Å². The third kappa shape index (κ3) is 1.45. The first-order valence-corrected chi connectivity index (χ1v) is 5.15. The molecule has 0 radical (unpaired) electrons. The van der Waals surface area contributed by atoms with Gasteiger partial charge in [0.1, 0.15) is 5.75 Å². The van der Waals surface area contributed by atoms with Gasteiger partial charge in [-0.05, 0) is 30.7 Å². The Labute approximate surface area is 85.3 Å². The molecular formula is C12H17NO. The van der Waals surface area contributed by atoms with Gasteiger partial charge >= 0.3 is 0 Å². The highest BCUT2D eigenvalue weighted by Gasteiger charge is 2.29. The molecule has 0 amide bonds. The molecule has 1 N–H and O–H groups in total. The Morgan fingerprint density at radius 3 is 2.93 bits per heavy atom. The highest BCUT2D eigenvalue weighted by molar-refractivity contribution is 5.61. The minimum Gasteiger partial charge on any atom is -0.494 e. The second-order valence-electron chi connectivity index (χ2n) is 4.38. The summed E-state index contributed by atoms with van der Waals surface area (Å²) in [6.45, 7) is 8.25. The van der Waals surface area contributed by atoms with E-state index in [-0.39, 0.29) is 5.41 Å². The lowest BCUT2D eigenvalue weighted by molar-refractivity contribution is 0.339. The van der Waals surface area contributed by atoms with Gasteiger partial charge in [0.2, 0.25) is 0 Å². The second kappa shape index (κ2) is 3.19. The normalized spacial score (nSPS) is 17.4. The van der Waals surface area contributed by atoms with Crippen LogP contribution in [0, 0.1) is 0 Å². The van der Waals surface area contributed by atoms with E-state index < -0.39 is 0 Å². The average molecular weight is 191 g/mol. The molecular weight excluding hydrogens is 174 g/mol. The number of ether oxygens (including phenoxy) is 1. The zero-order chi connectivity index (χ0) is 10.2.